The highest BCUT2D eigenvalue weighted by Gasteiger charge is 2.33. The Morgan fingerprint density at radius 2 is 2.16 bits per heavy atom. The van der Waals surface area contributed by atoms with Crippen molar-refractivity contribution in [3.63, 3.8) is 0 Å². The summed E-state index contributed by atoms with van der Waals surface area (Å²) in [5.41, 5.74) is -0.518. The maximum absolute atomic E-state index is 13.3. The molecule has 0 radical (unpaired) electrons. The number of hydrogen-bond acceptors (Lipinski definition) is 4. The van der Waals surface area contributed by atoms with Gasteiger partial charge in [-0.15, -0.1) is 0 Å². The molecule has 1 aliphatic carbocycles. The number of nitro benzene ring substituents is 1. The average molecular weight is 268 g/mol. The Bertz CT molecular complexity index is 516. The second-order valence-corrected chi connectivity index (χ2v) is 4.41. The standard InChI is InChI=1S/C12H13FN2O4/c13-9-5-8(6-11(7-9)15(18)19)12(17)14(3-4-16)10-1-2-10/h5-7,10,16H,1-4H2. The number of non-ortho nitro benzene ring substituents is 1. The van der Waals surface area contributed by atoms with Crippen LogP contribution in [0.25, 0.3) is 0 Å². The highest BCUT2D eigenvalue weighted by atomic mass is 19.1. The summed E-state index contributed by atoms with van der Waals surface area (Å²) < 4.78 is 13.3. The third kappa shape index (κ3) is 3.05. The number of aliphatic hydroxyl groups is 1. The highest BCUT2D eigenvalue weighted by Crippen LogP contribution is 2.28. The van der Waals surface area contributed by atoms with Gasteiger partial charge in [-0.3, -0.25) is 14.9 Å². The monoisotopic (exact) mass is 268 g/mol. The first-order chi connectivity index (χ1) is 9.02. The maximum atomic E-state index is 13.3. The second-order valence-electron chi connectivity index (χ2n) is 4.41. The van der Waals surface area contributed by atoms with Crippen molar-refractivity contribution in [3.05, 3.63) is 39.7 Å². The van der Waals surface area contributed by atoms with Crippen LogP contribution < -0.4 is 0 Å². The van der Waals surface area contributed by atoms with Crippen molar-refractivity contribution in [1.29, 1.82) is 0 Å². The molecule has 0 spiro atoms. The van der Waals surface area contributed by atoms with Gasteiger partial charge in [0.2, 0.25) is 0 Å². The van der Waals surface area contributed by atoms with Crippen LogP contribution in [-0.4, -0.2) is 40.0 Å². The van der Waals surface area contributed by atoms with Gasteiger partial charge >= 0.3 is 0 Å². The molecule has 6 nitrogen and oxygen atoms in total. The number of hydrogen-bond donors (Lipinski definition) is 1. The van der Waals surface area contributed by atoms with Gasteiger partial charge in [0.15, 0.2) is 0 Å². The summed E-state index contributed by atoms with van der Waals surface area (Å²) in [6.07, 6.45) is 1.67. The zero-order valence-corrected chi connectivity index (χ0v) is 10.1. The molecule has 19 heavy (non-hydrogen) atoms. The van der Waals surface area contributed by atoms with Gasteiger partial charge in [0.1, 0.15) is 5.82 Å². The Morgan fingerprint density at radius 1 is 1.47 bits per heavy atom. The number of nitro groups is 1. The fourth-order valence-corrected chi connectivity index (χ4v) is 1.91. The molecule has 0 saturated heterocycles. The van der Waals surface area contributed by atoms with Crippen molar-refractivity contribution in [2.45, 2.75) is 18.9 Å². The van der Waals surface area contributed by atoms with E-state index in [2.05, 4.69) is 0 Å². The van der Waals surface area contributed by atoms with E-state index >= 15 is 0 Å². The van der Waals surface area contributed by atoms with Crippen LogP contribution in [0.5, 0.6) is 0 Å². The lowest BCUT2D eigenvalue weighted by Gasteiger charge is -2.21. The number of nitrogens with zero attached hydrogens (tertiary/aromatic N) is 2. The molecular weight excluding hydrogens is 255 g/mol. The number of halogens is 1. The van der Waals surface area contributed by atoms with Gasteiger partial charge in [0.25, 0.3) is 11.6 Å². The SMILES string of the molecule is O=C(c1cc(F)cc([N+](=O)[O-])c1)N(CCO)C1CC1. The Labute approximate surface area is 108 Å². The molecule has 102 valence electrons. The number of carbonyl (C=O) groups is 1. The summed E-state index contributed by atoms with van der Waals surface area (Å²) in [6.45, 7) is -0.0482. The molecule has 1 aliphatic rings. The molecule has 0 heterocycles. The van der Waals surface area contributed by atoms with Crippen LogP contribution in [0, 0.1) is 15.9 Å². The van der Waals surface area contributed by atoms with Crippen molar-refractivity contribution in [3.8, 4) is 0 Å². The summed E-state index contributed by atoms with van der Waals surface area (Å²) in [5.74, 6) is -1.31. The molecule has 0 bridgehead atoms. The van der Waals surface area contributed by atoms with Crippen molar-refractivity contribution in [1.82, 2.24) is 4.90 Å². The maximum Gasteiger partial charge on any atom is 0.273 e. The van der Waals surface area contributed by atoms with Gasteiger partial charge in [0, 0.05) is 24.2 Å². The lowest BCUT2D eigenvalue weighted by atomic mass is 10.1. The number of carbonyl (C=O) groups excluding carboxylic acids is 1. The van der Waals surface area contributed by atoms with Gasteiger partial charge in [0.05, 0.1) is 17.6 Å². The van der Waals surface area contributed by atoms with Crippen molar-refractivity contribution < 1.29 is 19.2 Å². The summed E-state index contributed by atoms with van der Waals surface area (Å²) in [4.78, 5) is 23.5. The molecule has 1 amide bonds. The third-order valence-corrected chi connectivity index (χ3v) is 2.93. The van der Waals surface area contributed by atoms with E-state index < -0.39 is 22.3 Å². The molecule has 0 aromatic heterocycles. The van der Waals surface area contributed by atoms with E-state index in [1.807, 2.05) is 0 Å². The molecule has 0 unspecified atom stereocenters. The minimum atomic E-state index is -0.822. The van der Waals surface area contributed by atoms with Crippen molar-refractivity contribution in [2.75, 3.05) is 13.2 Å². The first-order valence-electron chi connectivity index (χ1n) is 5.89. The lowest BCUT2D eigenvalue weighted by molar-refractivity contribution is -0.385. The topological polar surface area (TPSA) is 83.7 Å². The number of amides is 1. The average Bonchev–Trinajstić information content (AvgIpc) is 3.18. The molecule has 7 heteroatoms. The van der Waals surface area contributed by atoms with E-state index in [4.69, 9.17) is 5.11 Å². The van der Waals surface area contributed by atoms with Crippen LogP contribution in [0.4, 0.5) is 10.1 Å². The van der Waals surface area contributed by atoms with Gasteiger partial charge in [-0.2, -0.15) is 0 Å². The summed E-state index contributed by atoms with van der Waals surface area (Å²) >= 11 is 0. The van der Waals surface area contributed by atoms with E-state index in [1.165, 1.54) is 4.90 Å². The van der Waals surface area contributed by atoms with Crippen molar-refractivity contribution in [2.24, 2.45) is 0 Å². The van der Waals surface area contributed by atoms with Crippen LogP contribution in [0.15, 0.2) is 18.2 Å². The minimum absolute atomic E-state index is 0.0435. The Morgan fingerprint density at radius 3 is 2.68 bits per heavy atom. The fourth-order valence-electron chi connectivity index (χ4n) is 1.91. The molecule has 1 saturated carbocycles. The number of benzene rings is 1. The minimum Gasteiger partial charge on any atom is -0.395 e. The fraction of sp³-hybridized carbons (Fsp3) is 0.417. The largest absolute Gasteiger partial charge is 0.395 e. The molecule has 2 rings (SSSR count). The van der Waals surface area contributed by atoms with E-state index in [-0.39, 0.29) is 24.8 Å². The third-order valence-electron chi connectivity index (χ3n) is 2.93. The van der Waals surface area contributed by atoms with Crippen LogP contribution in [0.3, 0.4) is 0 Å². The van der Waals surface area contributed by atoms with E-state index in [0.717, 1.165) is 31.0 Å². The normalized spacial score (nSPS) is 14.2. The Kier molecular flexibility index (Phi) is 3.75. The van der Waals surface area contributed by atoms with Crippen LogP contribution in [0.2, 0.25) is 0 Å². The smallest absolute Gasteiger partial charge is 0.273 e. The highest BCUT2D eigenvalue weighted by molar-refractivity contribution is 5.95. The van der Waals surface area contributed by atoms with Gasteiger partial charge < -0.3 is 10.0 Å². The zero-order valence-electron chi connectivity index (χ0n) is 10.1. The summed E-state index contributed by atoms with van der Waals surface area (Å²) in [6, 6.07) is 2.84. The lowest BCUT2D eigenvalue weighted by Crippen LogP contribution is -2.35. The van der Waals surface area contributed by atoms with Gasteiger partial charge in [-0.05, 0) is 18.9 Å². The van der Waals surface area contributed by atoms with E-state index in [0.29, 0.717) is 0 Å². The first kappa shape index (κ1) is 13.4. The molecule has 0 atom stereocenters. The van der Waals surface area contributed by atoms with Gasteiger partial charge in [-0.25, -0.2) is 4.39 Å². The quantitative estimate of drug-likeness (QED) is 0.645. The molecule has 1 aromatic rings. The second kappa shape index (κ2) is 5.31. The van der Waals surface area contributed by atoms with Crippen LogP contribution >= 0.6 is 0 Å². The number of aliphatic hydroxyl groups excluding tert-OH is 1. The van der Waals surface area contributed by atoms with Crippen LogP contribution in [-0.2, 0) is 0 Å². The van der Waals surface area contributed by atoms with E-state index in [9.17, 15) is 19.3 Å². The predicted molar refractivity (Wildman–Crippen MR) is 64.2 cm³/mol. The van der Waals surface area contributed by atoms with Gasteiger partial charge in [-0.1, -0.05) is 0 Å². The zero-order chi connectivity index (χ0) is 14.0. The molecule has 1 N–H and O–H groups in total. The molecule has 1 aromatic carbocycles. The van der Waals surface area contributed by atoms with Crippen LogP contribution in [0.1, 0.15) is 23.2 Å². The molecule has 0 aliphatic heterocycles. The first-order valence-corrected chi connectivity index (χ1v) is 5.89. The Balaban J connectivity index is 2.28. The number of rotatable bonds is 5. The van der Waals surface area contributed by atoms with E-state index in [1.54, 1.807) is 0 Å². The summed E-state index contributed by atoms with van der Waals surface area (Å²) in [5, 5.41) is 19.6. The predicted octanol–water partition coefficient (Wildman–Crippen LogP) is 1.33. The Hall–Kier alpha value is -2.02. The molecule has 1 fully saturated rings. The summed E-state index contributed by atoms with van der Waals surface area (Å²) in [7, 11) is 0. The molecular formula is C12H13FN2O4. The van der Waals surface area contributed by atoms with Crippen molar-refractivity contribution >= 4 is 11.6 Å².